The number of anilines is 2. The number of hydrogen-bond donors (Lipinski definition) is 1. The minimum atomic E-state index is 0.567. The van der Waals surface area contributed by atoms with Crippen molar-refractivity contribution in [3.63, 3.8) is 0 Å². The monoisotopic (exact) mass is 425 g/mol. The van der Waals surface area contributed by atoms with Gasteiger partial charge in [0.15, 0.2) is 5.11 Å². The van der Waals surface area contributed by atoms with Crippen molar-refractivity contribution in [3.05, 3.63) is 46.4 Å². The van der Waals surface area contributed by atoms with Crippen molar-refractivity contribution in [1.82, 2.24) is 4.90 Å². The summed E-state index contributed by atoms with van der Waals surface area (Å²) in [6.45, 7) is 3.31. The Kier molecular flexibility index (Phi) is 6.52. The van der Waals surface area contributed by atoms with Gasteiger partial charge < -0.3 is 24.6 Å². The third kappa shape index (κ3) is 4.69. The molecule has 0 unspecified atom stereocenters. The van der Waals surface area contributed by atoms with Crippen molar-refractivity contribution in [2.24, 2.45) is 0 Å². The zero-order chi connectivity index (χ0) is 19.4. The number of nitrogens with zero attached hydrogens (tertiary/aromatic N) is 2. The van der Waals surface area contributed by atoms with Gasteiger partial charge in [-0.05, 0) is 42.5 Å². The highest BCUT2D eigenvalue weighted by molar-refractivity contribution is 7.80. The number of halogens is 2. The second-order valence-electron chi connectivity index (χ2n) is 6.07. The lowest BCUT2D eigenvalue weighted by Crippen LogP contribution is -2.50. The van der Waals surface area contributed by atoms with Crippen LogP contribution in [0.1, 0.15) is 0 Å². The second kappa shape index (κ2) is 8.87. The Morgan fingerprint density at radius 3 is 2.33 bits per heavy atom. The van der Waals surface area contributed by atoms with Crippen LogP contribution in [-0.2, 0) is 0 Å². The Bertz CT molecular complexity index is 827. The van der Waals surface area contributed by atoms with Gasteiger partial charge in [-0.3, -0.25) is 0 Å². The zero-order valence-corrected chi connectivity index (χ0v) is 17.5. The van der Waals surface area contributed by atoms with Crippen molar-refractivity contribution in [2.45, 2.75) is 0 Å². The fourth-order valence-corrected chi connectivity index (χ4v) is 3.53. The lowest BCUT2D eigenvalue weighted by atomic mass is 10.2. The topological polar surface area (TPSA) is 37.0 Å². The number of benzene rings is 2. The molecule has 0 aromatic heterocycles. The highest BCUT2D eigenvalue weighted by atomic mass is 35.5. The van der Waals surface area contributed by atoms with Crippen molar-refractivity contribution >= 4 is 51.9 Å². The number of ether oxygens (including phenoxy) is 2. The van der Waals surface area contributed by atoms with Gasteiger partial charge >= 0.3 is 0 Å². The van der Waals surface area contributed by atoms with Gasteiger partial charge in [-0.2, -0.15) is 0 Å². The first-order valence-electron chi connectivity index (χ1n) is 8.50. The molecule has 0 spiro atoms. The summed E-state index contributed by atoms with van der Waals surface area (Å²) in [7, 11) is 3.25. The second-order valence-corrected chi connectivity index (χ2v) is 7.27. The van der Waals surface area contributed by atoms with Crippen LogP contribution in [0.4, 0.5) is 11.4 Å². The normalized spacial score (nSPS) is 14.1. The summed E-state index contributed by atoms with van der Waals surface area (Å²) in [4.78, 5) is 4.42. The third-order valence-corrected chi connectivity index (χ3v) is 5.58. The van der Waals surface area contributed by atoms with E-state index in [1.807, 2.05) is 36.4 Å². The van der Waals surface area contributed by atoms with Crippen molar-refractivity contribution in [1.29, 1.82) is 0 Å². The summed E-state index contributed by atoms with van der Waals surface area (Å²) in [6, 6.07) is 11.3. The van der Waals surface area contributed by atoms with E-state index in [9.17, 15) is 0 Å². The van der Waals surface area contributed by atoms with Gasteiger partial charge in [0.25, 0.3) is 0 Å². The van der Waals surface area contributed by atoms with Gasteiger partial charge in [0.1, 0.15) is 11.5 Å². The molecule has 27 heavy (non-hydrogen) atoms. The van der Waals surface area contributed by atoms with Crippen LogP contribution in [0.3, 0.4) is 0 Å². The molecule has 0 atom stereocenters. The number of rotatable bonds is 4. The first kappa shape index (κ1) is 19.9. The maximum Gasteiger partial charge on any atom is 0.173 e. The van der Waals surface area contributed by atoms with Gasteiger partial charge in [0, 0.05) is 37.9 Å². The molecule has 3 rings (SSSR count). The highest BCUT2D eigenvalue weighted by Crippen LogP contribution is 2.30. The molecular weight excluding hydrogens is 405 g/mol. The van der Waals surface area contributed by atoms with E-state index in [1.54, 1.807) is 14.2 Å². The van der Waals surface area contributed by atoms with E-state index in [-0.39, 0.29) is 0 Å². The molecule has 5 nitrogen and oxygen atoms in total. The minimum absolute atomic E-state index is 0.567. The van der Waals surface area contributed by atoms with Gasteiger partial charge in [0.05, 0.1) is 30.0 Å². The molecule has 1 saturated heterocycles. The van der Waals surface area contributed by atoms with Crippen LogP contribution in [0, 0.1) is 0 Å². The molecule has 0 aliphatic carbocycles. The molecule has 0 bridgehead atoms. The van der Waals surface area contributed by atoms with Crippen LogP contribution in [-0.4, -0.2) is 50.4 Å². The van der Waals surface area contributed by atoms with E-state index < -0.39 is 0 Å². The predicted molar refractivity (Wildman–Crippen MR) is 116 cm³/mol. The van der Waals surface area contributed by atoms with Crippen LogP contribution in [0.25, 0.3) is 0 Å². The van der Waals surface area contributed by atoms with Crippen molar-refractivity contribution in [3.8, 4) is 11.5 Å². The molecular formula is C19H21Cl2N3O2S. The minimum Gasteiger partial charge on any atom is -0.497 e. The molecule has 2 aromatic carbocycles. The summed E-state index contributed by atoms with van der Waals surface area (Å²) < 4.78 is 10.6. The Labute approximate surface area is 174 Å². The lowest BCUT2D eigenvalue weighted by Gasteiger charge is -2.37. The highest BCUT2D eigenvalue weighted by Gasteiger charge is 2.20. The van der Waals surface area contributed by atoms with Crippen LogP contribution in [0.15, 0.2) is 36.4 Å². The maximum atomic E-state index is 6.13. The average molecular weight is 426 g/mol. The first-order chi connectivity index (χ1) is 13.0. The van der Waals surface area contributed by atoms with Gasteiger partial charge in [-0.1, -0.05) is 23.2 Å². The van der Waals surface area contributed by atoms with E-state index in [1.165, 1.54) is 0 Å². The Balaban J connectivity index is 1.61. The molecule has 1 aliphatic rings. The van der Waals surface area contributed by atoms with Gasteiger partial charge in [-0.25, -0.2) is 0 Å². The Hall–Kier alpha value is -1.89. The summed E-state index contributed by atoms with van der Waals surface area (Å²) in [5.74, 6) is 1.42. The standard InChI is InChI=1S/C19H21Cl2N3O2S/c1-25-14-4-6-17(18(12-14)26-2)22-19(27)24-9-7-23(8-10-24)13-3-5-15(20)16(21)11-13/h3-6,11-12H,7-10H2,1-2H3,(H,22,27). The third-order valence-electron chi connectivity index (χ3n) is 4.49. The maximum absolute atomic E-state index is 6.13. The van der Waals surface area contributed by atoms with Crippen LogP contribution < -0.4 is 19.7 Å². The van der Waals surface area contributed by atoms with E-state index in [0.29, 0.717) is 20.9 Å². The van der Waals surface area contributed by atoms with Crippen LogP contribution in [0.5, 0.6) is 11.5 Å². The summed E-state index contributed by atoms with van der Waals surface area (Å²) in [5, 5.41) is 5.08. The molecule has 0 radical (unpaired) electrons. The molecule has 2 aromatic rings. The smallest absolute Gasteiger partial charge is 0.173 e. The van der Waals surface area contributed by atoms with Crippen LogP contribution in [0.2, 0.25) is 10.0 Å². The number of methoxy groups -OCH3 is 2. The van der Waals surface area contributed by atoms with Gasteiger partial charge in [-0.15, -0.1) is 0 Å². The van der Waals surface area contributed by atoms with E-state index in [2.05, 4.69) is 15.1 Å². The molecule has 1 heterocycles. The summed E-state index contributed by atoms with van der Waals surface area (Å²) >= 11 is 17.7. The quantitative estimate of drug-likeness (QED) is 0.725. The fraction of sp³-hybridized carbons (Fsp3) is 0.316. The largest absolute Gasteiger partial charge is 0.497 e. The molecule has 0 saturated carbocycles. The average Bonchev–Trinajstić information content (AvgIpc) is 2.70. The predicted octanol–water partition coefficient (Wildman–Crippen LogP) is 4.53. The van der Waals surface area contributed by atoms with Gasteiger partial charge in [0.2, 0.25) is 0 Å². The summed E-state index contributed by atoms with van der Waals surface area (Å²) in [5.41, 5.74) is 1.88. The van der Waals surface area contributed by atoms with E-state index in [0.717, 1.165) is 43.3 Å². The lowest BCUT2D eigenvalue weighted by molar-refractivity contribution is 0.388. The molecule has 1 fully saturated rings. The number of nitrogens with one attached hydrogen (secondary N) is 1. The number of thiocarbonyl (C=S) groups is 1. The molecule has 8 heteroatoms. The summed E-state index contributed by atoms with van der Waals surface area (Å²) in [6.07, 6.45) is 0. The molecule has 0 amide bonds. The van der Waals surface area contributed by atoms with Crippen LogP contribution >= 0.6 is 35.4 Å². The van der Waals surface area contributed by atoms with Crippen molar-refractivity contribution in [2.75, 3.05) is 50.6 Å². The molecule has 1 N–H and O–H groups in total. The Morgan fingerprint density at radius 2 is 1.70 bits per heavy atom. The number of piperazine rings is 1. The van der Waals surface area contributed by atoms with E-state index >= 15 is 0 Å². The Morgan fingerprint density at radius 1 is 0.963 bits per heavy atom. The molecule has 144 valence electrons. The fourth-order valence-electron chi connectivity index (χ4n) is 2.95. The van der Waals surface area contributed by atoms with E-state index in [4.69, 9.17) is 44.9 Å². The molecule has 1 aliphatic heterocycles. The number of hydrogen-bond acceptors (Lipinski definition) is 4. The SMILES string of the molecule is COc1ccc(NC(=S)N2CCN(c3ccc(Cl)c(Cl)c3)CC2)c(OC)c1. The van der Waals surface area contributed by atoms with Crippen molar-refractivity contribution < 1.29 is 9.47 Å². The first-order valence-corrected chi connectivity index (χ1v) is 9.66. The zero-order valence-electron chi connectivity index (χ0n) is 15.2.